The van der Waals surface area contributed by atoms with E-state index in [1.54, 1.807) is 36.4 Å². The number of fused-ring (bicyclic) bond motifs is 1. The van der Waals surface area contributed by atoms with Crippen LogP contribution in [0.2, 0.25) is 0 Å². The highest BCUT2D eigenvalue weighted by Gasteiger charge is 2.61. The van der Waals surface area contributed by atoms with E-state index in [-0.39, 0.29) is 10.8 Å². The zero-order chi connectivity index (χ0) is 16.9. The number of hydrogen-bond donors (Lipinski definition) is 0. The SMILES string of the molecule is O=S(=O)(c1ccccc1)C(F)(F)[s+]1c(C2CC2)cc2ccccc21. The average molecular weight is 365 g/mol. The average Bonchev–Trinajstić information content (AvgIpc) is 3.35. The minimum atomic E-state index is -4.77. The Bertz CT molecular complexity index is 1000. The second kappa shape index (κ2) is 5.36. The van der Waals surface area contributed by atoms with Crippen LogP contribution in [-0.4, -0.2) is 8.42 Å². The van der Waals surface area contributed by atoms with Gasteiger partial charge in [-0.05, 0) is 37.1 Å². The fraction of sp³-hybridized carbons (Fsp3) is 0.222. The molecular formula is C18H15F2O2S2+. The Hall–Kier alpha value is -1.79. The van der Waals surface area contributed by atoms with Gasteiger partial charge in [0.25, 0.3) is 9.84 Å². The number of halogens is 2. The van der Waals surface area contributed by atoms with Crippen molar-refractivity contribution in [3.63, 3.8) is 0 Å². The largest absolute Gasteiger partial charge is 0.542 e. The van der Waals surface area contributed by atoms with E-state index in [0.29, 0.717) is 15.0 Å². The predicted molar refractivity (Wildman–Crippen MR) is 92.2 cm³/mol. The van der Waals surface area contributed by atoms with Gasteiger partial charge in [0, 0.05) is 17.4 Å². The number of benzene rings is 2. The standard InChI is InChI=1S/C18H15F2O2S2/c19-18(20,24(21,22)15-7-2-1-3-8-15)23-16-9-5-4-6-14(16)12-17(23)13-10-11-13/h1-9,12-13H,10-11H2/q+1. The van der Waals surface area contributed by atoms with Crippen LogP contribution < -0.4 is 0 Å². The molecular weight excluding hydrogens is 350 g/mol. The van der Waals surface area contributed by atoms with Gasteiger partial charge in [-0.15, -0.1) is 8.78 Å². The van der Waals surface area contributed by atoms with Gasteiger partial charge in [-0.3, -0.25) is 0 Å². The molecule has 0 amide bonds. The zero-order valence-electron chi connectivity index (χ0n) is 12.7. The van der Waals surface area contributed by atoms with Crippen molar-refractivity contribution in [2.24, 2.45) is 0 Å². The summed E-state index contributed by atoms with van der Waals surface area (Å²) in [6.45, 7) is 0. The summed E-state index contributed by atoms with van der Waals surface area (Å²) in [7, 11) is -6.51. The molecule has 3 aromatic rings. The number of hydrogen-bond acceptors (Lipinski definition) is 2. The van der Waals surface area contributed by atoms with Crippen LogP contribution in [0.3, 0.4) is 0 Å². The molecule has 24 heavy (non-hydrogen) atoms. The molecule has 124 valence electrons. The molecule has 1 saturated carbocycles. The summed E-state index contributed by atoms with van der Waals surface area (Å²) < 4.78 is 52.5. The topological polar surface area (TPSA) is 34.1 Å². The molecule has 2 aromatic carbocycles. The molecule has 1 aliphatic rings. The first-order chi connectivity index (χ1) is 11.4. The Morgan fingerprint density at radius 1 is 0.958 bits per heavy atom. The van der Waals surface area contributed by atoms with E-state index in [4.69, 9.17) is 0 Å². The van der Waals surface area contributed by atoms with Crippen molar-refractivity contribution in [1.82, 2.24) is 0 Å². The number of sulfone groups is 1. The Morgan fingerprint density at radius 2 is 1.58 bits per heavy atom. The molecule has 6 heteroatoms. The maximum atomic E-state index is 15.3. The van der Waals surface area contributed by atoms with Crippen LogP contribution in [-0.2, 0) is 14.4 Å². The summed E-state index contributed by atoms with van der Waals surface area (Å²) in [5.74, 6) is 0.0811. The summed E-state index contributed by atoms with van der Waals surface area (Å²) in [5.41, 5.74) is 0. The lowest BCUT2D eigenvalue weighted by Gasteiger charge is -2.11. The highest BCUT2D eigenvalue weighted by Crippen LogP contribution is 2.59. The molecule has 0 N–H and O–H groups in total. The lowest BCUT2D eigenvalue weighted by atomic mass is 10.2. The van der Waals surface area contributed by atoms with E-state index in [0.717, 1.165) is 12.8 Å². The first-order valence-corrected chi connectivity index (χ1v) is 10.4. The summed E-state index contributed by atoms with van der Waals surface area (Å²) in [6.07, 6.45) is 1.70. The van der Waals surface area contributed by atoms with Gasteiger partial charge in [-0.25, -0.2) is 8.42 Å². The fourth-order valence-corrected chi connectivity index (χ4v) is 7.58. The third-order valence-electron chi connectivity index (χ3n) is 4.26. The Morgan fingerprint density at radius 3 is 2.25 bits per heavy atom. The Balaban J connectivity index is 1.97. The molecule has 0 radical (unpaired) electrons. The van der Waals surface area contributed by atoms with E-state index in [1.165, 1.54) is 24.3 Å². The molecule has 1 unspecified atom stereocenters. The van der Waals surface area contributed by atoms with Crippen LogP contribution >= 0.6 is 10.5 Å². The lowest BCUT2D eigenvalue weighted by Crippen LogP contribution is -2.22. The first kappa shape index (κ1) is 15.7. The van der Waals surface area contributed by atoms with Gasteiger partial charge in [-0.1, -0.05) is 30.3 Å². The monoisotopic (exact) mass is 365 g/mol. The summed E-state index contributed by atoms with van der Waals surface area (Å²) in [4.78, 5) is 0.253. The van der Waals surface area contributed by atoms with Crippen molar-refractivity contribution < 1.29 is 17.2 Å². The smallest absolute Gasteiger partial charge is 0.211 e. The maximum Gasteiger partial charge on any atom is 0.542 e. The molecule has 0 saturated heterocycles. The Labute approximate surface area is 141 Å². The normalized spacial score (nSPS) is 16.5. The van der Waals surface area contributed by atoms with Crippen molar-refractivity contribution >= 4 is 30.4 Å². The van der Waals surface area contributed by atoms with Crippen molar-refractivity contribution in [3.05, 3.63) is 65.5 Å². The van der Waals surface area contributed by atoms with Gasteiger partial charge in [0.05, 0.1) is 15.4 Å². The zero-order valence-corrected chi connectivity index (χ0v) is 14.3. The van der Waals surface area contributed by atoms with Gasteiger partial charge >= 0.3 is 4.59 Å². The van der Waals surface area contributed by atoms with Crippen molar-refractivity contribution in [1.29, 1.82) is 0 Å². The molecule has 0 aliphatic heterocycles. The van der Waals surface area contributed by atoms with Gasteiger partial charge < -0.3 is 0 Å². The van der Waals surface area contributed by atoms with Crippen LogP contribution in [0.4, 0.5) is 8.78 Å². The maximum absolute atomic E-state index is 15.3. The van der Waals surface area contributed by atoms with Gasteiger partial charge in [0.2, 0.25) is 0 Å². The summed E-state index contributed by atoms with van der Waals surface area (Å²) in [6, 6.07) is 15.6. The van der Waals surface area contributed by atoms with E-state index >= 15 is 8.78 Å². The molecule has 0 spiro atoms. The van der Waals surface area contributed by atoms with E-state index in [1.807, 2.05) is 0 Å². The molecule has 1 heterocycles. The molecule has 0 bridgehead atoms. The van der Waals surface area contributed by atoms with Crippen LogP contribution in [0.5, 0.6) is 0 Å². The van der Waals surface area contributed by atoms with Crippen LogP contribution in [0, 0.1) is 0 Å². The van der Waals surface area contributed by atoms with Crippen LogP contribution in [0.15, 0.2) is 65.6 Å². The van der Waals surface area contributed by atoms with Crippen LogP contribution in [0.1, 0.15) is 23.6 Å². The quantitative estimate of drug-likeness (QED) is 0.576. The number of alkyl halides is 2. The highest BCUT2D eigenvalue weighted by molar-refractivity contribution is 7.96. The van der Waals surface area contributed by atoms with E-state index in [9.17, 15) is 8.42 Å². The molecule has 1 fully saturated rings. The predicted octanol–water partition coefficient (Wildman–Crippen LogP) is 5.45. The van der Waals surface area contributed by atoms with Crippen molar-refractivity contribution in [3.8, 4) is 0 Å². The third-order valence-corrected chi connectivity index (χ3v) is 9.14. The second-order valence-corrected chi connectivity index (χ2v) is 10.2. The van der Waals surface area contributed by atoms with Gasteiger partial charge in [0.15, 0.2) is 9.58 Å². The number of rotatable bonds is 4. The van der Waals surface area contributed by atoms with Crippen molar-refractivity contribution in [2.75, 3.05) is 0 Å². The molecule has 1 aromatic heterocycles. The molecule has 2 nitrogen and oxygen atoms in total. The molecule has 1 atom stereocenters. The van der Waals surface area contributed by atoms with E-state index in [2.05, 4.69) is 0 Å². The minimum Gasteiger partial charge on any atom is -0.211 e. The third kappa shape index (κ3) is 2.28. The van der Waals surface area contributed by atoms with Crippen molar-refractivity contribution in [2.45, 2.75) is 28.2 Å². The fourth-order valence-electron chi connectivity index (χ4n) is 2.89. The lowest BCUT2D eigenvalue weighted by molar-refractivity contribution is 0.145. The second-order valence-electron chi connectivity index (χ2n) is 5.94. The van der Waals surface area contributed by atoms with Gasteiger partial charge in [0.1, 0.15) is 0 Å². The van der Waals surface area contributed by atoms with Gasteiger partial charge in [-0.2, -0.15) is 0 Å². The molecule has 4 rings (SSSR count). The number of thiophene rings is 1. The first-order valence-electron chi connectivity index (χ1n) is 7.65. The summed E-state index contributed by atoms with van der Waals surface area (Å²) >= 11 is 0. The summed E-state index contributed by atoms with van der Waals surface area (Å²) in [5, 5.41) is 0.714. The highest BCUT2D eigenvalue weighted by atomic mass is 32.3. The van der Waals surface area contributed by atoms with Crippen LogP contribution in [0.25, 0.3) is 10.1 Å². The molecule has 1 aliphatic carbocycles. The van der Waals surface area contributed by atoms with E-state index < -0.39 is 24.9 Å². The Kier molecular flexibility index (Phi) is 3.51. The minimum absolute atomic E-state index is 0.0811.